The molecular formula is C17H27N3O2. The first-order chi connectivity index (χ1) is 10.3. The molecule has 5 nitrogen and oxygen atoms in total. The first-order valence-corrected chi connectivity index (χ1v) is 7.58. The van der Waals surface area contributed by atoms with Crippen LogP contribution >= 0.6 is 0 Å². The number of anilines is 1. The van der Waals surface area contributed by atoms with Crippen LogP contribution in [-0.2, 0) is 9.59 Å². The molecule has 1 rings (SSSR count). The molecule has 122 valence electrons. The van der Waals surface area contributed by atoms with E-state index in [0.29, 0.717) is 6.54 Å². The van der Waals surface area contributed by atoms with E-state index in [2.05, 4.69) is 15.5 Å². The lowest BCUT2D eigenvalue weighted by Crippen LogP contribution is -2.30. The van der Waals surface area contributed by atoms with Crippen molar-refractivity contribution in [2.75, 3.05) is 32.5 Å². The maximum Gasteiger partial charge on any atom is 0.233 e. The molecule has 0 saturated carbocycles. The van der Waals surface area contributed by atoms with Crippen LogP contribution in [0, 0.1) is 20.8 Å². The van der Waals surface area contributed by atoms with Gasteiger partial charge in [-0.15, -0.1) is 0 Å². The summed E-state index contributed by atoms with van der Waals surface area (Å²) in [6.45, 7) is 7.43. The third-order valence-electron chi connectivity index (χ3n) is 3.37. The van der Waals surface area contributed by atoms with E-state index in [9.17, 15) is 9.59 Å². The molecule has 2 amide bonds. The maximum atomic E-state index is 12.0. The molecule has 0 aliphatic carbocycles. The summed E-state index contributed by atoms with van der Waals surface area (Å²) in [5, 5.41) is 5.60. The molecule has 0 spiro atoms. The monoisotopic (exact) mass is 305 g/mol. The zero-order valence-electron chi connectivity index (χ0n) is 14.2. The van der Waals surface area contributed by atoms with E-state index in [1.807, 2.05) is 47.0 Å². The fourth-order valence-corrected chi connectivity index (χ4v) is 2.39. The van der Waals surface area contributed by atoms with Crippen molar-refractivity contribution in [3.05, 3.63) is 28.8 Å². The number of amides is 2. The number of carbonyl (C=O) groups is 2. The van der Waals surface area contributed by atoms with Crippen LogP contribution in [0.3, 0.4) is 0 Å². The fraction of sp³-hybridized carbons (Fsp3) is 0.529. The topological polar surface area (TPSA) is 61.4 Å². The number of aryl methyl sites for hydroxylation is 3. The van der Waals surface area contributed by atoms with Crippen LogP contribution in [0.2, 0.25) is 0 Å². The normalized spacial score (nSPS) is 10.6. The zero-order valence-corrected chi connectivity index (χ0v) is 14.2. The maximum absolute atomic E-state index is 12.0. The minimum atomic E-state index is -0.278. The number of nitrogens with one attached hydrogen (secondary N) is 2. The molecule has 0 aromatic heterocycles. The molecule has 22 heavy (non-hydrogen) atoms. The summed E-state index contributed by atoms with van der Waals surface area (Å²) >= 11 is 0. The highest BCUT2D eigenvalue weighted by Crippen LogP contribution is 2.21. The number of carbonyl (C=O) groups excluding carboxylic acids is 2. The lowest BCUT2D eigenvalue weighted by molar-refractivity contribution is -0.126. The summed E-state index contributed by atoms with van der Waals surface area (Å²) in [6.07, 6.45) is 0.727. The van der Waals surface area contributed by atoms with Crippen molar-refractivity contribution in [3.63, 3.8) is 0 Å². The Labute approximate surface area is 133 Å². The van der Waals surface area contributed by atoms with Gasteiger partial charge in [-0.3, -0.25) is 9.59 Å². The lowest BCUT2D eigenvalue weighted by Gasteiger charge is -2.13. The molecule has 0 aliphatic heterocycles. The van der Waals surface area contributed by atoms with Gasteiger partial charge in [-0.25, -0.2) is 0 Å². The first kappa shape index (κ1) is 18.2. The molecule has 0 saturated heterocycles. The van der Waals surface area contributed by atoms with Crippen LogP contribution in [0.15, 0.2) is 12.1 Å². The summed E-state index contributed by atoms with van der Waals surface area (Å²) < 4.78 is 0. The average Bonchev–Trinajstić information content (AvgIpc) is 2.38. The van der Waals surface area contributed by atoms with Gasteiger partial charge in [0.25, 0.3) is 0 Å². The van der Waals surface area contributed by atoms with Gasteiger partial charge in [0.1, 0.15) is 6.42 Å². The molecule has 0 radical (unpaired) electrons. The summed E-state index contributed by atoms with van der Waals surface area (Å²) in [4.78, 5) is 25.8. The SMILES string of the molecule is Cc1cc(C)c(NC(=O)CC(=O)NCCCN(C)C)c(C)c1. The third kappa shape index (κ3) is 6.26. The van der Waals surface area contributed by atoms with E-state index in [1.54, 1.807) is 0 Å². The third-order valence-corrected chi connectivity index (χ3v) is 3.37. The standard InChI is InChI=1S/C17H27N3O2/c1-12-9-13(2)17(14(3)10-12)19-16(22)11-15(21)18-7-6-8-20(4)5/h9-10H,6-8,11H2,1-5H3,(H,18,21)(H,19,22). The van der Waals surface area contributed by atoms with E-state index in [-0.39, 0.29) is 18.2 Å². The van der Waals surface area contributed by atoms with E-state index < -0.39 is 0 Å². The number of hydrogen-bond donors (Lipinski definition) is 2. The zero-order chi connectivity index (χ0) is 16.7. The van der Waals surface area contributed by atoms with Crippen molar-refractivity contribution >= 4 is 17.5 Å². The molecular weight excluding hydrogens is 278 g/mol. The van der Waals surface area contributed by atoms with E-state index in [1.165, 1.54) is 0 Å². The van der Waals surface area contributed by atoms with Crippen molar-refractivity contribution in [2.24, 2.45) is 0 Å². The van der Waals surface area contributed by atoms with Crippen LogP contribution in [0.5, 0.6) is 0 Å². The number of nitrogens with zero attached hydrogens (tertiary/aromatic N) is 1. The van der Waals surface area contributed by atoms with Gasteiger partial charge in [0.2, 0.25) is 11.8 Å². The molecule has 5 heteroatoms. The Morgan fingerprint density at radius 3 is 2.18 bits per heavy atom. The van der Waals surface area contributed by atoms with Gasteiger partial charge in [-0.05, 0) is 59.0 Å². The van der Waals surface area contributed by atoms with Crippen LogP contribution in [0.1, 0.15) is 29.5 Å². The Bertz CT molecular complexity index is 516. The van der Waals surface area contributed by atoms with Crippen molar-refractivity contribution in [1.29, 1.82) is 0 Å². The second-order valence-electron chi connectivity index (χ2n) is 6.01. The second-order valence-corrected chi connectivity index (χ2v) is 6.01. The predicted octanol–water partition coefficient (Wildman–Crippen LogP) is 2.01. The fourth-order valence-electron chi connectivity index (χ4n) is 2.39. The van der Waals surface area contributed by atoms with E-state index in [0.717, 1.165) is 35.3 Å². The molecule has 1 aromatic rings. The van der Waals surface area contributed by atoms with Gasteiger partial charge < -0.3 is 15.5 Å². The lowest BCUT2D eigenvalue weighted by atomic mass is 10.0. The largest absolute Gasteiger partial charge is 0.356 e. The van der Waals surface area contributed by atoms with Crippen LogP contribution in [-0.4, -0.2) is 43.9 Å². The molecule has 0 atom stereocenters. The van der Waals surface area contributed by atoms with Gasteiger partial charge >= 0.3 is 0 Å². The second kappa shape index (κ2) is 8.54. The van der Waals surface area contributed by atoms with Gasteiger partial charge in [-0.2, -0.15) is 0 Å². The van der Waals surface area contributed by atoms with Gasteiger partial charge in [0, 0.05) is 12.2 Å². The molecule has 2 N–H and O–H groups in total. The van der Waals surface area contributed by atoms with Crippen molar-refractivity contribution in [3.8, 4) is 0 Å². The molecule has 0 aliphatic rings. The van der Waals surface area contributed by atoms with Gasteiger partial charge in [-0.1, -0.05) is 17.7 Å². The number of benzene rings is 1. The molecule has 0 bridgehead atoms. The highest BCUT2D eigenvalue weighted by Gasteiger charge is 2.12. The molecule has 0 fully saturated rings. The van der Waals surface area contributed by atoms with E-state index in [4.69, 9.17) is 0 Å². The van der Waals surface area contributed by atoms with Gasteiger partial charge in [0.05, 0.1) is 0 Å². The smallest absolute Gasteiger partial charge is 0.233 e. The number of hydrogen-bond acceptors (Lipinski definition) is 3. The summed E-state index contributed by atoms with van der Waals surface area (Å²) in [5.74, 6) is -0.515. The summed E-state index contributed by atoms with van der Waals surface area (Å²) in [6, 6.07) is 4.04. The van der Waals surface area contributed by atoms with Crippen LogP contribution in [0.4, 0.5) is 5.69 Å². The van der Waals surface area contributed by atoms with Crippen LogP contribution < -0.4 is 10.6 Å². The Balaban J connectivity index is 2.45. The first-order valence-electron chi connectivity index (χ1n) is 7.58. The molecule has 1 aromatic carbocycles. The number of rotatable bonds is 7. The Hall–Kier alpha value is -1.88. The highest BCUT2D eigenvalue weighted by molar-refractivity contribution is 6.04. The van der Waals surface area contributed by atoms with Crippen molar-refractivity contribution < 1.29 is 9.59 Å². The van der Waals surface area contributed by atoms with Crippen molar-refractivity contribution in [2.45, 2.75) is 33.6 Å². The summed E-state index contributed by atoms with van der Waals surface area (Å²) in [7, 11) is 3.98. The quantitative estimate of drug-likeness (QED) is 0.598. The van der Waals surface area contributed by atoms with Crippen LogP contribution in [0.25, 0.3) is 0 Å². The predicted molar refractivity (Wildman–Crippen MR) is 90.1 cm³/mol. The minimum Gasteiger partial charge on any atom is -0.356 e. The Kier molecular flexibility index (Phi) is 7.05. The highest BCUT2D eigenvalue weighted by atomic mass is 16.2. The average molecular weight is 305 g/mol. The molecule has 0 unspecified atom stereocenters. The minimum absolute atomic E-state index is 0.144. The van der Waals surface area contributed by atoms with Gasteiger partial charge in [0.15, 0.2) is 0 Å². The Morgan fingerprint density at radius 1 is 1.05 bits per heavy atom. The Morgan fingerprint density at radius 2 is 1.64 bits per heavy atom. The summed E-state index contributed by atoms with van der Waals surface area (Å²) in [5.41, 5.74) is 3.98. The van der Waals surface area contributed by atoms with E-state index >= 15 is 0 Å². The molecule has 0 heterocycles. The van der Waals surface area contributed by atoms with Crippen molar-refractivity contribution in [1.82, 2.24) is 10.2 Å².